The lowest BCUT2D eigenvalue weighted by molar-refractivity contribution is 0.310. The van der Waals surface area contributed by atoms with Crippen LogP contribution in [0.3, 0.4) is 0 Å². The summed E-state index contributed by atoms with van der Waals surface area (Å²) in [6, 6.07) is 26.4. The van der Waals surface area contributed by atoms with Crippen molar-refractivity contribution in [1.29, 1.82) is 0 Å². The lowest BCUT2D eigenvalue weighted by Crippen LogP contribution is -2.02. The van der Waals surface area contributed by atoms with Gasteiger partial charge < -0.3 is 4.74 Å². The van der Waals surface area contributed by atoms with Crippen molar-refractivity contribution in [2.24, 2.45) is 0 Å². The third kappa shape index (κ3) is 7.03. The molecule has 0 saturated carbocycles. The zero-order valence-electron chi connectivity index (χ0n) is 18.5. The summed E-state index contributed by atoms with van der Waals surface area (Å²) in [5.74, 6) is 3.53. The fourth-order valence-electron chi connectivity index (χ4n) is 3.19. The second-order valence-electron chi connectivity index (χ2n) is 7.53. The Hall–Kier alpha value is -2.41. The zero-order chi connectivity index (χ0) is 22.9. The van der Waals surface area contributed by atoms with E-state index in [2.05, 4.69) is 70.2 Å². The minimum absolute atomic E-state index is 0.687. The second kappa shape index (κ2) is 12.2. The van der Waals surface area contributed by atoms with Crippen LogP contribution in [0.5, 0.6) is 5.75 Å². The van der Waals surface area contributed by atoms with Crippen molar-refractivity contribution in [3.63, 3.8) is 0 Å². The highest BCUT2D eigenvalue weighted by molar-refractivity contribution is 7.99. The summed E-state index contributed by atoms with van der Waals surface area (Å²) in [4.78, 5) is 1.23. The van der Waals surface area contributed by atoms with Crippen molar-refractivity contribution < 1.29 is 4.74 Å². The molecule has 170 valence electrons. The van der Waals surface area contributed by atoms with E-state index in [9.17, 15) is 0 Å². The number of rotatable bonds is 11. The lowest BCUT2D eigenvalue weighted by atomic mass is 10.2. The predicted molar refractivity (Wildman–Crippen MR) is 139 cm³/mol. The summed E-state index contributed by atoms with van der Waals surface area (Å²) in [5.41, 5.74) is 2.36. The van der Waals surface area contributed by atoms with Crippen molar-refractivity contribution >= 4 is 35.1 Å². The van der Waals surface area contributed by atoms with Crippen molar-refractivity contribution in [3.8, 4) is 11.4 Å². The maximum Gasteiger partial charge on any atom is 0.195 e. The molecule has 0 unspecified atom stereocenters. The molecule has 0 radical (unpaired) electrons. The van der Waals surface area contributed by atoms with E-state index in [0.717, 1.165) is 51.8 Å². The van der Waals surface area contributed by atoms with E-state index in [0.29, 0.717) is 6.61 Å². The first-order chi connectivity index (χ1) is 16.2. The Morgan fingerprint density at radius 2 is 1.61 bits per heavy atom. The normalized spacial score (nSPS) is 11.0. The number of para-hydroxylation sites is 1. The Balaban J connectivity index is 1.33. The van der Waals surface area contributed by atoms with Crippen molar-refractivity contribution in [2.75, 3.05) is 12.4 Å². The first kappa shape index (κ1) is 23.7. The van der Waals surface area contributed by atoms with E-state index >= 15 is 0 Å². The molecule has 4 aromatic rings. The molecule has 0 spiro atoms. The van der Waals surface area contributed by atoms with Crippen molar-refractivity contribution in [3.05, 3.63) is 95.3 Å². The number of hydrogen-bond acceptors (Lipinski definition) is 5. The molecule has 0 fully saturated rings. The monoisotopic (exact) mass is 495 g/mol. The molecular weight excluding hydrogens is 470 g/mol. The molecule has 0 aliphatic rings. The van der Waals surface area contributed by atoms with Crippen LogP contribution < -0.4 is 4.74 Å². The summed E-state index contributed by atoms with van der Waals surface area (Å²) in [7, 11) is 0. The van der Waals surface area contributed by atoms with Crippen LogP contribution in [0.15, 0.2) is 88.9 Å². The molecule has 1 aromatic heterocycles. The Bertz CT molecular complexity index is 1130. The fraction of sp³-hybridized carbons (Fsp3) is 0.231. The lowest BCUT2D eigenvalue weighted by Gasteiger charge is -2.10. The first-order valence-electron chi connectivity index (χ1n) is 10.9. The molecule has 33 heavy (non-hydrogen) atoms. The molecule has 0 aliphatic heterocycles. The van der Waals surface area contributed by atoms with Gasteiger partial charge in [-0.1, -0.05) is 59.3 Å². The number of thioether (sulfide) groups is 2. The summed E-state index contributed by atoms with van der Waals surface area (Å²) < 4.78 is 7.96. The Morgan fingerprint density at radius 3 is 2.36 bits per heavy atom. The first-order valence-corrected chi connectivity index (χ1v) is 13.2. The maximum atomic E-state index is 5.92. The van der Waals surface area contributed by atoms with Crippen molar-refractivity contribution in [2.45, 2.75) is 35.6 Å². The average Bonchev–Trinajstić information content (AvgIpc) is 3.25. The van der Waals surface area contributed by atoms with E-state index in [1.54, 1.807) is 23.5 Å². The largest absolute Gasteiger partial charge is 0.494 e. The number of benzene rings is 3. The van der Waals surface area contributed by atoms with Crippen LogP contribution in [-0.2, 0) is 5.75 Å². The van der Waals surface area contributed by atoms with Crippen LogP contribution in [0.2, 0.25) is 5.02 Å². The van der Waals surface area contributed by atoms with Crippen LogP contribution >= 0.6 is 35.1 Å². The zero-order valence-corrected chi connectivity index (χ0v) is 20.9. The van der Waals surface area contributed by atoms with E-state index < -0.39 is 0 Å². The molecule has 0 saturated heterocycles. The van der Waals surface area contributed by atoms with Gasteiger partial charge in [0.1, 0.15) is 11.6 Å². The van der Waals surface area contributed by atoms with Gasteiger partial charge in [-0.15, -0.1) is 22.0 Å². The van der Waals surface area contributed by atoms with E-state index in [1.807, 2.05) is 30.3 Å². The highest BCUT2D eigenvalue weighted by Gasteiger charge is 2.14. The topological polar surface area (TPSA) is 39.9 Å². The van der Waals surface area contributed by atoms with Crippen LogP contribution in [0.25, 0.3) is 5.69 Å². The van der Waals surface area contributed by atoms with Crippen LogP contribution in [-0.4, -0.2) is 27.1 Å². The Labute approximate surface area is 208 Å². The third-order valence-electron chi connectivity index (χ3n) is 4.96. The molecule has 3 aromatic carbocycles. The number of hydrogen-bond donors (Lipinski definition) is 0. The number of nitrogens with zero attached hydrogens (tertiary/aromatic N) is 3. The molecule has 0 aliphatic carbocycles. The molecule has 0 atom stereocenters. The highest BCUT2D eigenvalue weighted by Crippen LogP contribution is 2.28. The van der Waals surface area contributed by atoms with Gasteiger partial charge in [0.15, 0.2) is 5.16 Å². The number of halogens is 1. The summed E-state index contributed by atoms with van der Waals surface area (Å²) >= 11 is 9.44. The van der Waals surface area contributed by atoms with E-state index in [-0.39, 0.29) is 0 Å². The maximum absolute atomic E-state index is 5.92. The van der Waals surface area contributed by atoms with Gasteiger partial charge in [-0.2, -0.15) is 0 Å². The molecular formula is C26H26ClN3OS2. The van der Waals surface area contributed by atoms with Crippen LogP contribution in [0.4, 0.5) is 0 Å². The van der Waals surface area contributed by atoms with Gasteiger partial charge in [0, 0.05) is 21.4 Å². The predicted octanol–water partition coefficient (Wildman–Crippen LogP) is 7.47. The molecule has 4 rings (SSSR count). The van der Waals surface area contributed by atoms with E-state index in [1.165, 1.54) is 10.5 Å². The Morgan fingerprint density at radius 1 is 0.848 bits per heavy atom. The van der Waals surface area contributed by atoms with Gasteiger partial charge in [-0.25, -0.2) is 0 Å². The minimum atomic E-state index is 0.687. The number of ether oxygens (including phenoxy) is 1. The average molecular weight is 496 g/mol. The van der Waals surface area contributed by atoms with Gasteiger partial charge in [0.05, 0.1) is 12.4 Å². The summed E-state index contributed by atoms with van der Waals surface area (Å²) in [6.45, 7) is 2.79. The Kier molecular flexibility index (Phi) is 8.75. The highest BCUT2D eigenvalue weighted by atomic mass is 35.5. The van der Waals surface area contributed by atoms with Crippen molar-refractivity contribution in [1.82, 2.24) is 14.8 Å². The third-order valence-corrected chi connectivity index (χ3v) is 7.23. The van der Waals surface area contributed by atoms with Gasteiger partial charge in [0.2, 0.25) is 0 Å². The fourth-order valence-corrected chi connectivity index (χ4v) is 5.10. The molecule has 1 heterocycles. The standard InChI is InChI=1S/C26H26ClN3OS2/c1-20-9-15-24(16-10-20)33-19-25-28-29-26(30(25)22-7-3-2-4-8-22)32-18-6-5-17-31-23-13-11-21(27)12-14-23/h2-4,7-16H,5-6,17-19H2,1H3. The smallest absolute Gasteiger partial charge is 0.195 e. The van der Waals surface area contributed by atoms with Gasteiger partial charge in [-0.3, -0.25) is 4.57 Å². The van der Waals surface area contributed by atoms with Gasteiger partial charge in [0.25, 0.3) is 0 Å². The summed E-state index contributed by atoms with van der Waals surface area (Å²) in [5, 5.41) is 10.7. The number of unbranched alkanes of at least 4 members (excludes halogenated alkanes) is 1. The SMILES string of the molecule is Cc1ccc(SCc2nnc(SCCCCOc3ccc(Cl)cc3)n2-c2ccccc2)cc1. The second-order valence-corrected chi connectivity index (χ2v) is 10.1. The minimum Gasteiger partial charge on any atom is -0.494 e. The van der Waals surface area contributed by atoms with Crippen LogP contribution in [0.1, 0.15) is 24.2 Å². The molecule has 4 nitrogen and oxygen atoms in total. The van der Waals surface area contributed by atoms with Crippen LogP contribution in [0, 0.1) is 6.92 Å². The number of aromatic nitrogens is 3. The molecule has 7 heteroatoms. The summed E-state index contributed by atoms with van der Waals surface area (Å²) in [6.07, 6.45) is 2.01. The van der Waals surface area contributed by atoms with Gasteiger partial charge >= 0.3 is 0 Å². The molecule has 0 amide bonds. The van der Waals surface area contributed by atoms with Gasteiger partial charge in [-0.05, 0) is 68.3 Å². The molecule has 0 N–H and O–H groups in total. The quantitative estimate of drug-likeness (QED) is 0.159. The van der Waals surface area contributed by atoms with E-state index in [4.69, 9.17) is 16.3 Å². The number of aryl methyl sites for hydroxylation is 1. The molecule has 0 bridgehead atoms.